The molecule has 0 radical (unpaired) electrons. The number of nitriles is 1. The van der Waals surface area contributed by atoms with Crippen LogP contribution in [0.5, 0.6) is 5.75 Å². The summed E-state index contributed by atoms with van der Waals surface area (Å²) in [6, 6.07) is 18.0. The van der Waals surface area contributed by atoms with E-state index < -0.39 is 17.3 Å². The predicted molar refractivity (Wildman–Crippen MR) is 154 cm³/mol. The van der Waals surface area contributed by atoms with Crippen LogP contribution in [-0.2, 0) is 25.9 Å². The smallest absolute Gasteiger partial charge is 0.423 e. The van der Waals surface area contributed by atoms with Gasteiger partial charge in [-0.15, -0.1) is 0 Å². The molecule has 2 aromatic heterocycles. The molecule has 0 saturated carbocycles. The molecule has 13 heteroatoms. The monoisotopic (exact) mass is 601 g/mol. The lowest BCUT2D eigenvalue weighted by molar-refractivity contribution is -0.138. The number of aromatic amines is 1. The van der Waals surface area contributed by atoms with E-state index in [1.54, 1.807) is 41.3 Å². The first-order valence-corrected chi connectivity index (χ1v) is 13.8. The third kappa shape index (κ3) is 5.78. The van der Waals surface area contributed by atoms with Crippen molar-refractivity contribution in [3.05, 3.63) is 111 Å². The number of pyridine rings is 1. The van der Waals surface area contributed by atoms with E-state index >= 15 is 0 Å². The Morgan fingerprint density at radius 2 is 1.80 bits per heavy atom. The molecule has 0 unspecified atom stereocenters. The molecule has 2 aromatic carbocycles. The van der Waals surface area contributed by atoms with Crippen LogP contribution in [0, 0.1) is 11.3 Å². The van der Waals surface area contributed by atoms with Gasteiger partial charge in [-0.3, -0.25) is 9.59 Å². The highest BCUT2D eigenvalue weighted by Gasteiger charge is 2.39. The van der Waals surface area contributed by atoms with Gasteiger partial charge < -0.3 is 19.4 Å². The van der Waals surface area contributed by atoms with Crippen molar-refractivity contribution in [3.63, 3.8) is 0 Å². The Kier molecular flexibility index (Phi) is 7.65. The third-order valence-electron chi connectivity index (χ3n) is 7.78. The minimum atomic E-state index is -4.83. The molecule has 0 bridgehead atoms. The summed E-state index contributed by atoms with van der Waals surface area (Å²) < 4.78 is 47.0. The molecular weight excluding hydrogens is 575 g/mol. The highest BCUT2D eigenvalue weighted by atomic mass is 19.4. The number of halogens is 3. The third-order valence-corrected chi connectivity index (χ3v) is 7.78. The molecule has 6 rings (SSSR count). The summed E-state index contributed by atoms with van der Waals surface area (Å²) in [6.45, 7) is 2.73. The average molecular weight is 602 g/mol. The van der Waals surface area contributed by atoms with Crippen LogP contribution in [0.15, 0.2) is 71.8 Å². The molecule has 0 spiro atoms. The molecule has 1 saturated heterocycles. The number of ether oxygens (including phenoxy) is 1. The number of benzene rings is 2. The van der Waals surface area contributed by atoms with Crippen LogP contribution in [0.3, 0.4) is 0 Å². The topological polar surface area (TPSA) is 118 Å². The quantitative estimate of drug-likeness (QED) is 0.351. The van der Waals surface area contributed by atoms with Gasteiger partial charge in [0.1, 0.15) is 29.8 Å². The van der Waals surface area contributed by atoms with Crippen molar-refractivity contribution in [2.75, 3.05) is 36.0 Å². The lowest BCUT2D eigenvalue weighted by Crippen LogP contribution is -2.49. The number of rotatable bonds is 6. The van der Waals surface area contributed by atoms with Gasteiger partial charge >= 0.3 is 6.18 Å². The molecule has 2 aliphatic rings. The maximum atomic E-state index is 13.7. The Balaban J connectivity index is 1.10. The number of amides is 1. The molecular formula is C31H26F3N7O3. The summed E-state index contributed by atoms with van der Waals surface area (Å²) in [4.78, 5) is 34.9. The predicted octanol–water partition coefficient (Wildman–Crippen LogP) is 4.12. The molecule has 224 valence electrons. The van der Waals surface area contributed by atoms with Gasteiger partial charge in [-0.25, -0.2) is 10.1 Å². The normalized spacial score (nSPS) is 14.7. The van der Waals surface area contributed by atoms with Crippen LogP contribution >= 0.6 is 0 Å². The van der Waals surface area contributed by atoms with Crippen molar-refractivity contribution in [1.82, 2.24) is 20.1 Å². The number of aromatic nitrogens is 3. The van der Waals surface area contributed by atoms with Gasteiger partial charge in [-0.05, 0) is 47.0 Å². The minimum Gasteiger partial charge on any atom is -0.489 e. The SMILES string of the molecule is N#Cc1ccc(N2CCN(C(=O)c3cccc(OCc4cccc5c4CN(c4cn[nH]c(=O)c4C(F)(F)F)C5)c3)CC2)nc1. The van der Waals surface area contributed by atoms with Crippen molar-refractivity contribution in [2.45, 2.75) is 25.9 Å². The fourth-order valence-corrected chi connectivity index (χ4v) is 5.54. The molecule has 0 aliphatic carbocycles. The number of nitrogens with one attached hydrogen (secondary N) is 1. The molecule has 1 amide bonds. The molecule has 4 aromatic rings. The average Bonchev–Trinajstić information content (AvgIpc) is 3.48. The molecule has 1 N–H and O–H groups in total. The first-order valence-electron chi connectivity index (χ1n) is 13.8. The Morgan fingerprint density at radius 3 is 2.52 bits per heavy atom. The second-order valence-corrected chi connectivity index (χ2v) is 10.5. The van der Waals surface area contributed by atoms with E-state index in [0.29, 0.717) is 43.1 Å². The Bertz CT molecular complexity index is 1790. The standard InChI is InChI=1S/C31H26F3N7O3/c32-31(33,34)28-26(16-37-38-29(28)42)41-17-22-4-1-5-23(25(22)18-41)19-44-24-6-2-3-21(13-24)30(43)40-11-9-39(10-12-40)27-8-7-20(14-35)15-36-27/h1-8,13,15-16H,9-12,17-19H2,(H,38,42). The number of nitrogens with zero attached hydrogens (tertiary/aromatic N) is 6. The summed E-state index contributed by atoms with van der Waals surface area (Å²) in [5.74, 6) is 1.13. The second kappa shape index (κ2) is 11.7. The first-order chi connectivity index (χ1) is 21.2. The van der Waals surface area contributed by atoms with E-state index in [4.69, 9.17) is 10.00 Å². The van der Waals surface area contributed by atoms with Crippen molar-refractivity contribution in [1.29, 1.82) is 5.26 Å². The summed E-state index contributed by atoms with van der Waals surface area (Å²) in [6.07, 6.45) is -2.27. The summed E-state index contributed by atoms with van der Waals surface area (Å²) in [5.41, 5.74) is 0.594. The lowest BCUT2D eigenvalue weighted by atomic mass is 10.0. The minimum absolute atomic E-state index is 0.119. The van der Waals surface area contributed by atoms with Crippen molar-refractivity contribution in [3.8, 4) is 11.8 Å². The highest BCUT2D eigenvalue weighted by molar-refractivity contribution is 5.94. The zero-order chi connectivity index (χ0) is 30.8. The maximum absolute atomic E-state index is 13.7. The molecule has 2 aliphatic heterocycles. The number of carbonyl (C=O) groups is 1. The Morgan fingerprint density at radius 1 is 1.00 bits per heavy atom. The molecule has 44 heavy (non-hydrogen) atoms. The van der Waals surface area contributed by atoms with E-state index in [1.165, 1.54) is 11.1 Å². The molecule has 1 fully saturated rings. The maximum Gasteiger partial charge on any atom is 0.423 e. The summed E-state index contributed by atoms with van der Waals surface area (Å²) in [5, 5.41) is 14.4. The number of hydrogen-bond donors (Lipinski definition) is 1. The van der Waals surface area contributed by atoms with Gasteiger partial charge in [0.25, 0.3) is 11.5 Å². The van der Waals surface area contributed by atoms with E-state index in [0.717, 1.165) is 28.7 Å². The van der Waals surface area contributed by atoms with Gasteiger partial charge in [0, 0.05) is 51.0 Å². The van der Waals surface area contributed by atoms with Crippen molar-refractivity contribution < 1.29 is 22.7 Å². The number of piperazine rings is 1. The number of fused-ring (bicyclic) bond motifs is 1. The Hall–Kier alpha value is -5.38. The van der Waals surface area contributed by atoms with Crippen LogP contribution < -0.4 is 20.1 Å². The van der Waals surface area contributed by atoms with E-state index in [2.05, 4.69) is 21.1 Å². The number of carbonyl (C=O) groups excluding carboxylic acids is 1. The van der Waals surface area contributed by atoms with Gasteiger partial charge in [-0.2, -0.15) is 23.5 Å². The number of alkyl halides is 3. The zero-order valence-electron chi connectivity index (χ0n) is 23.3. The molecule has 4 heterocycles. The largest absolute Gasteiger partial charge is 0.489 e. The van der Waals surface area contributed by atoms with Gasteiger partial charge in [-0.1, -0.05) is 24.3 Å². The van der Waals surface area contributed by atoms with Crippen LogP contribution in [0.1, 0.15) is 38.2 Å². The Labute approximate surface area is 249 Å². The van der Waals surface area contributed by atoms with Crippen LogP contribution in [0.4, 0.5) is 24.7 Å². The van der Waals surface area contributed by atoms with Crippen LogP contribution in [0.2, 0.25) is 0 Å². The fraction of sp³-hybridized carbons (Fsp3) is 0.258. The van der Waals surface area contributed by atoms with Gasteiger partial charge in [0.2, 0.25) is 0 Å². The van der Waals surface area contributed by atoms with Crippen molar-refractivity contribution >= 4 is 17.4 Å². The number of H-pyrrole nitrogens is 1. The van der Waals surface area contributed by atoms with E-state index in [1.807, 2.05) is 23.3 Å². The fourth-order valence-electron chi connectivity index (χ4n) is 5.54. The van der Waals surface area contributed by atoms with Gasteiger partial charge in [0.15, 0.2) is 0 Å². The second-order valence-electron chi connectivity index (χ2n) is 10.5. The number of anilines is 2. The lowest BCUT2D eigenvalue weighted by Gasteiger charge is -2.35. The molecule has 10 nitrogen and oxygen atoms in total. The van der Waals surface area contributed by atoms with Crippen molar-refractivity contribution in [2.24, 2.45) is 0 Å². The van der Waals surface area contributed by atoms with E-state index in [-0.39, 0.29) is 31.3 Å². The van der Waals surface area contributed by atoms with Crippen LogP contribution in [0.25, 0.3) is 0 Å². The van der Waals surface area contributed by atoms with E-state index in [9.17, 15) is 22.8 Å². The van der Waals surface area contributed by atoms with Gasteiger partial charge in [0.05, 0.1) is 17.4 Å². The first kappa shape index (κ1) is 28.7. The van der Waals surface area contributed by atoms with Crippen LogP contribution in [-0.4, -0.2) is 52.2 Å². The summed E-state index contributed by atoms with van der Waals surface area (Å²) in [7, 11) is 0. The zero-order valence-corrected chi connectivity index (χ0v) is 23.3. The molecule has 0 atom stereocenters. The number of hydrogen-bond acceptors (Lipinski definition) is 8. The highest BCUT2D eigenvalue weighted by Crippen LogP contribution is 2.37. The summed E-state index contributed by atoms with van der Waals surface area (Å²) >= 11 is 0.